The average Bonchev–Trinajstić information content (AvgIpc) is 3.74. The van der Waals surface area contributed by atoms with Crippen molar-refractivity contribution in [1.29, 1.82) is 0 Å². The average molecular weight is 650 g/mol. The Labute approximate surface area is 293 Å². The number of hydrogen-bond acceptors (Lipinski definition) is 4. The second kappa shape index (κ2) is 10.8. The van der Waals surface area contributed by atoms with Crippen LogP contribution in [0.4, 0.5) is 0 Å². The van der Waals surface area contributed by atoms with Gasteiger partial charge < -0.3 is 4.42 Å². The molecule has 0 N–H and O–H groups in total. The molecule has 8 aromatic carbocycles. The van der Waals surface area contributed by atoms with Crippen LogP contribution in [0, 0.1) is 0 Å². The van der Waals surface area contributed by atoms with E-state index >= 15 is 0 Å². The minimum absolute atomic E-state index is 0.608. The van der Waals surface area contributed by atoms with E-state index in [2.05, 4.69) is 121 Å². The van der Waals surface area contributed by atoms with Crippen LogP contribution in [0.1, 0.15) is 0 Å². The molecule has 0 amide bonds. The molecule has 2 heterocycles. The lowest BCUT2D eigenvalue weighted by Gasteiger charge is -2.10. The van der Waals surface area contributed by atoms with Gasteiger partial charge in [-0.25, -0.2) is 15.0 Å². The van der Waals surface area contributed by atoms with Crippen molar-refractivity contribution in [3.63, 3.8) is 0 Å². The van der Waals surface area contributed by atoms with Gasteiger partial charge in [0.05, 0.1) is 0 Å². The zero-order valence-corrected chi connectivity index (χ0v) is 27.3. The maximum absolute atomic E-state index is 6.57. The summed E-state index contributed by atoms with van der Waals surface area (Å²) in [6.45, 7) is 0. The molecule has 0 aliphatic heterocycles. The van der Waals surface area contributed by atoms with Crippen molar-refractivity contribution >= 4 is 43.5 Å². The van der Waals surface area contributed by atoms with Crippen molar-refractivity contribution in [2.45, 2.75) is 0 Å². The van der Waals surface area contributed by atoms with Crippen molar-refractivity contribution in [3.8, 4) is 67.5 Å². The molecule has 1 aliphatic carbocycles. The summed E-state index contributed by atoms with van der Waals surface area (Å²) >= 11 is 0. The van der Waals surface area contributed by atoms with Gasteiger partial charge in [0.25, 0.3) is 0 Å². The Balaban J connectivity index is 1.06. The van der Waals surface area contributed by atoms with E-state index in [1.807, 2.05) is 42.5 Å². The maximum atomic E-state index is 6.57. The minimum Gasteiger partial charge on any atom is -0.456 e. The summed E-state index contributed by atoms with van der Waals surface area (Å²) in [5.41, 5.74) is 11.8. The predicted octanol–water partition coefficient (Wildman–Crippen LogP) is 12.4. The van der Waals surface area contributed by atoms with Gasteiger partial charge in [-0.05, 0) is 85.3 Å². The van der Waals surface area contributed by atoms with Crippen LogP contribution in [0.15, 0.2) is 168 Å². The Bertz CT molecular complexity index is 3030. The molecule has 0 radical (unpaired) electrons. The first-order valence-corrected chi connectivity index (χ1v) is 17.2. The van der Waals surface area contributed by atoms with Crippen molar-refractivity contribution < 1.29 is 4.42 Å². The Kier molecular flexibility index (Phi) is 5.92. The topological polar surface area (TPSA) is 51.8 Å². The number of furan rings is 1. The van der Waals surface area contributed by atoms with Crippen molar-refractivity contribution in [2.24, 2.45) is 0 Å². The van der Waals surface area contributed by atoms with Gasteiger partial charge in [-0.1, -0.05) is 133 Å². The molecule has 4 heteroatoms. The molecule has 0 saturated carbocycles. The highest BCUT2D eigenvalue weighted by molar-refractivity contribution is 6.16. The summed E-state index contributed by atoms with van der Waals surface area (Å²) in [4.78, 5) is 15.2. The van der Waals surface area contributed by atoms with Crippen LogP contribution < -0.4 is 0 Å². The number of rotatable bonds is 4. The first-order valence-electron chi connectivity index (χ1n) is 17.2. The van der Waals surface area contributed by atoms with Crippen LogP contribution >= 0.6 is 0 Å². The van der Waals surface area contributed by atoms with E-state index in [1.165, 1.54) is 38.4 Å². The molecule has 4 nitrogen and oxygen atoms in total. The fourth-order valence-electron chi connectivity index (χ4n) is 7.83. The largest absolute Gasteiger partial charge is 0.456 e. The second-order valence-electron chi connectivity index (χ2n) is 13.2. The van der Waals surface area contributed by atoms with Gasteiger partial charge >= 0.3 is 0 Å². The van der Waals surface area contributed by atoms with Crippen molar-refractivity contribution in [1.82, 2.24) is 15.0 Å². The van der Waals surface area contributed by atoms with E-state index in [1.54, 1.807) is 0 Å². The summed E-state index contributed by atoms with van der Waals surface area (Å²) in [6, 6.07) is 57.4. The van der Waals surface area contributed by atoms with Gasteiger partial charge in [0.1, 0.15) is 11.2 Å². The SMILES string of the molecule is c1ccc(-c2nc(-c3ccc4ccccc4c3)nc(-c3cccc4oc5cc(-c6ccc7c(c6)-c6cccc8cccc-7c68)ccc5c34)n2)cc1. The molecule has 1 aliphatic rings. The molecule has 236 valence electrons. The molecule has 11 rings (SSSR count). The highest BCUT2D eigenvalue weighted by atomic mass is 16.3. The lowest BCUT2D eigenvalue weighted by molar-refractivity contribution is 0.669. The fourth-order valence-corrected chi connectivity index (χ4v) is 7.83. The lowest BCUT2D eigenvalue weighted by atomic mass is 9.96. The molecule has 0 saturated heterocycles. The van der Waals surface area contributed by atoms with E-state index in [0.29, 0.717) is 17.5 Å². The number of hydrogen-bond donors (Lipinski definition) is 0. The van der Waals surface area contributed by atoms with Crippen molar-refractivity contribution in [2.75, 3.05) is 0 Å². The quantitative estimate of drug-likeness (QED) is 0.190. The molecule has 0 bridgehead atoms. The van der Waals surface area contributed by atoms with Gasteiger partial charge in [0.2, 0.25) is 0 Å². The van der Waals surface area contributed by atoms with Crippen LogP contribution in [-0.2, 0) is 0 Å². The van der Waals surface area contributed by atoms with Crippen LogP contribution in [0.25, 0.3) is 111 Å². The Morgan fingerprint density at radius 2 is 0.961 bits per heavy atom. The molecule has 0 spiro atoms. The molecular formula is C47H27N3O. The van der Waals surface area contributed by atoms with Gasteiger partial charge in [-0.15, -0.1) is 0 Å². The monoisotopic (exact) mass is 649 g/mol. The summed E-state index contributed by atoms with van der Waals surface area (Å²) in [6.07, 6.45) is 0. The predicted molar refractivity (Wildman–Crippen MR) is 208 cm³/mol. The van der Waals surface area contributed by atoms with Crippen LogP contribution in [-0.4, -0.2) is 15.0 Å². The smallest absolute Gasteiger partial charge is 0.164 e. The molecule has 10 aromatic rings. The molecular weight excluding hydrogens is 623 g/mol. The highest BCUT2D eigenvalue weighted by Crippen LogP contribution is 2.48. The zero-order chi connectivity index (χ0) is 33.5. The molecule has 0 unspecified atom stereocenters. The summed E-state index contributed by atoms with van der Waals surface area (Å²) < 4.78 is 6.57. The minimum atomic E-state index is 0.608. The third-order valence-corrected chi connectivity index (χ3v) is 10.3. The summed E-state index contributed by atoms with van der Waals surface area (Å²) in [5, 5.41) is 6.95. The van der Waals surface area contributed by atoms with Crippen molar-refractivity contribution in [3.05, 3.63) is 164 Å². The zero-order valence-electron chi connectivity index (χ0n) is 27.3. The van der Waals surface area contributed by atoms with E-state index < -0.39 is 0 Å². The summed E-state index contributed by atoms with van der Waals surface area (Å²) in [5.74, 6) is 1.87. The van der Waals surface area contributed by atoms with Gasteiger partial charge in [0, 0.05) is 27.5 Å². The molecule has 0 fully saturated rings. The number of fused-ring (bicyclic) bond motifs is 7. The maximum Gasteiger partial charge on any atom is 0.164 e. The van der Waals surface area contributed by atoms with E-state index in [4.69, 9.17) is 19.4 Å². The summed E-state index contributed by atoms with van der Waals surface area (Å²) in [7, 11) is 0. The molecule has 0 atom stereocenters. The molecule has 51 heavy (non-hydrogen) atoms. The van der Waals surface area contributed by atoms with E-state index in [0.717, 1.165) is 55.1 Å². The normalized spacial score (nSPS) is 11.9. The highest BCUT2D eigenvalue weighted by Gasteiger charge is 2.22. The third kappa shape index (κ3) is 4.37. The standard InChI is InChI=1S/C47H27N3O/c1-2-10-30(11-3-1)45-48-46(34-20-19-28-9-4-5-12-31(28)25-34)50-47(49-45)39-17-8-18-41-44(39)38-24-22-33(27-42(38)51-41)32-21-23-35-36-15-6-13-29-14-7-16-37(43(29)36)40(35)26-32/h1-27H. The first-order chi connectivity index (χ1) is 25.2. The Morgan fingerprint density at radius 3 is 1.82 bits per heavy atom. The Hall–Kier alpha value is -6.91. The third-order valence-electron chi connectivity index (χ3n) is 10.3. The van der Waals surface area contributed by atoms with Crippen LogP contribution in [0.5, 0.6) is 0 Å². The fraction of sp³-hybridized carbons (Fsp3) is 0. The van der Waals surface area contributed by atoms with E-state index in [9.17, 15) is 0 Å². The van der Waals surface area contributed by atoms with Gasteiger partial charge in [-0.3, -0.25) is 0 Å². The van der Waals surface area contributed by atoms with Gasteiger partial charge in [-0.2, -0.15) is 0 Å². The van der Waals surface area contributed by atoms with Crippen LogP contribution in [0.2, 0.25) is 0 Å². The Morgan fingerprint density at radius 1 is 0.314 bits per heavy atom. The second-order valence-corrected chi connectivity index (χ2v) is 13.2. The number of aromatic nitrogens is 3. The number of benzene rings is 8. The molecule has 2 aromatic heterocycles. The van der Waals surface area contributed by atoms with Gasteiger partial charge in [0.15, 0.2) is 17.5 Å². The lowest BCUT2D eigenvalue weighted by Crippen LogP contribution is -2.00. The van der Waals surface area contributed by atoms with Crippen LogP contribution in [0.3, 0.4) is 0 Å². The van der Waals surface area contributed by atoms with E-state index in [-0.39, 0.29) is 0 Å². The first kappa shape index (κ1) is 28.0. The number of nitrogens with zero attached hydrogens (tertiary/aromatic N) is 3.